The minimum absolute atomic E-state index is 0.0523. The normalized spacial score (nSPS) is 17.3. The first-order valence-corrected chi connectivity index (χ1v) is 16.5. The topological polar surface area (TPSA) is 94.6 Å². The third-order valence-electron chi connectivity index (χ3n) is 8.13. The number of carbonyl (C=O) groups is 3. The highest BCUT2D eigenvalue weighted by Gasteiger charge is 2.38. The number of esters is 2. The molecule has 0 radical (unpaired) electrons. The summed E-state index contributed by atoms with van der Waals surface area (Å²) in [6, 6.07) is 11.9. The van der Waals surface area contributed by atoms with Crippen LogP contribution in [0.4, 0.5) is 11.4 Å². The molecule has 0 bridgehead atoms. The maximum atomic E-state index is 12.8. The van der Waals surface area contributed by atoms with E-state index in [1.807, 2.05) is 49.1 Å². The molecule has 46 heavy (non-hydrogen) atoms. The van der Waals surface area contributed by atoms with E-state index in [2.05, 4.69) is 47.6 Å². The predicted molar refractivity (Wildman–Crippen MR) is 185 cm³/mol. The first-order valence-electron chi connectivity index (χ1n) is 16.1. The number of carbonyl (C=O) groups excluding carboxylic acids is 3. The maximum absolute atomic E-state index is 12.8. The Balaban J connectivity index is 0.000000250. The highest BCUT2D eigenvalue weighted by molar-refractivity contribution is 7.80. The Labute approximate surface area is 279 Å². The number of hydrogen-bond acceptors (Lipinski definition) is 8. The third kappa shape index (κ3) is 8.37. The van der Waals surface area contributed by atoms with Crippen molar-refractivity contribution in [2.45, 2.75) is 92.3 Å². The van der Waals surface area contributed by atoms with Crippen LogP contribution in [0.3, 0.4) is 0 Å². The van der Waals surface area contributed by atoms with E-state index in [4.69, 9.17) is 31.2 Å². The number of anilines is 2. The molecule has 252 valence electrons. The number of fused-ring (bicyclic) bond motifs is 2. The second-order valence-corrected chi connectivity index (χ2v) is 13.3. The largest absolute Gasteiger partial charge is 0.481 e. The van der Waals surface area contributed by atoms with Crippen LogP contribution in [0.25, 0.3) is 0 Å². The molecule has 0 saturated carbocycles. The van der Waals surface area contributed by atoms with E-state index in [-0.39, 0.29) is 48.1 Å². The van der Waals surface area contributed by atoms with E-state index in [1.165, 1.54) is 19.8 Å². The number of hydrogen-bond donors (Lipinski definition) is 0. The molecule has 10 heteroatoms. The minimum Gasteiger partial charge on any atom is -0.481 e. The van der Waals surface area contributed by atoms with Gasteiger partial charge >= 0.3 is 11.9 Å². The molecule has 0 fully saturated rings. The van der Waals surface area contributed by atoms with Gasteiger partial charge in [-0.15, -0.1) is 0 Å². The van der Waals surface area contributed by atoms with Gasteiger partial charge in [-0.05, 0) is 46.9 Å². The summed E-state index contributed by atoms with van der Waals surface area (Å²) in [4.78, 5) is 40.2. The van der Waals surface area contributed by atoms with Crippen LogP contribution in [0.1, 0.15) is 91.2 Å². The Hall–Kier alpha value is -3.66. The highest BCUT2D eigenvalue weighted by atomic mass is 32.1. The van der Waals surface area contributed by atoms with E-state index in [0.717, 1.165) is 33.4 Å². The molecule has 2 aromatic carbocycles. The molecule has 2 unspecified atom stereocenters. The van der Waals surface area contributed by atoms with E-state index in [9.17, 15) is 14.4 Å². The maximum Gasteiger partial charge on any atom is 0.307 e. The van der Waals surface area contributed by atoms with Crippen molar-refractivity contribution in [3.8, 4) is 11.5 Å². The number of thiocarbonyl (C=S) groups is 1. The van der Waals surface area contributed by atoms with Gasteiger partial charge in [0.25, 0.3) is 5.91 Å². The Morgan fingerprint density at radius 1 is 0.717 bits per heavy atom. The Kier molecular flexibility index (Phi) is 13.0. The smallest absolute Gasteiger partial charge is 0.307 e. The summed E-state index contributed by atoms with van der Waals surface area (Å²) in [5.41, 5.74) is 3.92. The summed E-state index contributed by atoms with van der Waals surface area (Å²) in [6.07, 6.45) is -0.222. The van der Waals surface area contributed by atoms with Crippen molar-refractivity contribution in [1.29, 1.82) is 0 Å². The molecule has 2 aromatic rings. The van der Waals surface area contributed by atoms with Gasteiger partial charge in [-0.3, -0.25) is 14.4 Å². The number of ether oxygens (including phenoxy) is 4. The average molecular weight is 655 g/mol. The molecular weight excluding hydrogens is 604 g/mol. The second kappa shape index (κ2) is 16.3. The molecule has 1 amide bonds. The Bertz CT molecular complexity index is 1300. The summed E-state index contributed by atoms with van der Waals surface area (Å²) in [5, 5.41) is 0. The van der Waals surface area contributed by atoms with Gasteiger partial charge < -0.3 is 28.7 Å². The van der Waals surface area contributed by atoms with Crippen molar-refractivity contribution in [3.05, 3.63) is 47.5 Å². The van der Waals surface area contributed by atoms with Gasteiger partial charge in [0.05, 0.1) is 38.4 Å². The lowest BCUT2D eigenvalue weighted by Crippen LogP contribution is -2.49. The lowest BCUT2D eigenvalue weighted by molar-refractivity contribution is -0.141. The number of amides is 1. The van der Waals surface area contributed by atoms with Crippen molar-refractivity contribution >= 4 is 46.4 Å². The van der Waals surface area contributed by atoms with E-state index in [1.54, 1.807) is 4.90 Å². The fourth-order valence-corrected chi connectivity index (χ4v) is 6.00. The van der Waals surface area contributed by atoms with Gasteiger partial charge in [-0.25, -0.2) is 0 Å². The van der Waals surface area contributed by atoms with Gasteiger partial charge in [-0.1, -0.05) is 91.9 Å². The van der Waals surface area contributed by atoms with Crippen LogP contribution in [0.5, 0.6) is 11.5 Å². The standard InChI is InChI=1S/C18H25NO4.C18H25NO3S/c1-11(2)13-7-6-8-14-17(13)23-16(12(3)4)18(21)19(14)10-9-15(20)22-5;1-11(2)13-7-6-8-14-17(13)22-16(12(3)4)18(23)19(14)10-9-15(20)21-5/h2*6-8,11-12,16H,9-10H2,1-5H3. The fraction of sp³-hybridized carbons (Fsp3) is 0.556. The van der Waals surface area contributed by atoms with Crippen molar-refractivity contribution < 1.29 is 33.3 Å². The molecule has 0 N–H and O–H groups in total. The Morgan fingerprint density at radius 3 is 1.54 bits per heavy atom. The summed E-state index contributed by atoms with van der Waals surface area (Å²) < 4.78 is 21.8. The number of para-hydroxylation sites is 2. The van der Waals surface area contributed by atoms with Crippen LogP contribution in [0.15, 0.2) is 36.4 Å². The molecule has 2 heterocycles. The number of nitrogens with zero attached hydrogens (tertiary/aromatic N) is 2. The van der Waals surface area contributed by atoms with Crippen LogP contribution >= 0.6 is 12.2 Å². The van der Waals surface area contributed by atoms with Crippen LogP contribution in [-0.2, 0) is 23.9 Å². The van der Waals surface area contributed by atoms with Crippen molar-refractivity contribution in [1.82, 2.24) is 0 Å². The van der Waals surface area contributed by atoms with Gasteiger partial charge in [-0.2, -0.15) is 0 Å². The molecule has 2 atom stereocenters. The van der Waals surface area contributed by atoms with E-state index in [0.29, 0.717) is 25.4 Å². The molecule has 2 aliphatic rings. The molecule has 0 spiro atoms. The second-order valence-electron chi connectivity index (χ2n) is 12.9. The fourth-order valence-electron chi connectivity index (χ4n) is 5.49. The van der Waals surface area contributed by atoms with Crippen LogP contribution < -0.4 is 19.3 Å². The monoisotopic (exact) mass is 654 g/mol. The molecule has 9 nitrogen and oxygen atoms in total. The first kappa shape index (κ1) is 36.8. The predicted octanol–water partition coefficient (Wildman–Crippen LogP) is 7.05. The Morgan fingerprint density at radius 2 is 1.13 bits per heavy atom. The zero-order valence-corrected chi connectivity index (χ0v) is 29.7. The molecule has 2 aliphatic heterocycles. The molecule has 0 aromatic heterocycles. The molecule has 4 rings (SSSR count). The van der Waals surface area contributed by atoms with E-state index >= 15 is 0 Å². The summed E-state index contributed by atoms with van der Waals surface area (Å²) in [5.74, 6) is 1.94. The van der Waals surface area contributed by atoms with Gasteiger partial charge in [0.1, 0.15) is 16.5 Å². The lowest BCUT2D eigenvalue weighted by Gasteiger charge is -2.39. The highest BCUT2D eigenvalue weighted by Crippen LogP contribution is 2.43. The van der Waals surface area contributed by atoms with Crippen molar-refractivity contribution in [2.75, 3.05) is 37.1 Å². The molecule has 0 saturated heterocycles. The zero-order chi connectivity index (χ0) is 34.3. The summed E-state index contributed by atoms with van der Waals surface area (Å²) in [7, 11) is 2.76. The number of rotatable bonds is 10. The first-order chi connectivity index (χ1) is 21.7. The van der Waals surface area contributed by atoms with Gasteiger partial charge in [0, 0.05) is 13.1 Å². The van der Waals surface area contributed by atoms with Gasteiger partial charge in [0.2, 0.25) is 0 Å². The molecule has 0 aliphatic carbocycles. The zero-order valence-electron chi connectivity index (χ0n) is 28.9. The van der Waals surface area contributed by atoms with Crippen molar-refractivity contribution in [3.63, 3.8) is 0 Å². The van der Waals surface area contributed by atoms with Crippen LogP contribution in [-0.4, -0.2) is 62.4 Å². The minimum atomic E-state index is -0.528. The number of methoxy groups -OCH3 is 2. The SMILES string of the molecule is COC(=O)CCN1C(=O)C(C(C)C)Oc2c(C(C)C)cccc21.COC(=O)CCN1C(=S)C(C(C)C)Oc2c(C(C)C)cccc21. The summed E-state index contributed by atoms with van der Waals surface area (Å²) >= 11 is 5.65. The quantitative estimate of drug-likeness (QED) is 0.197. The van der Waals surface area contributed by atoms with Crippen molar-refractivity contribution in [2.24, 2.45) is 11.8 Å². The van der Waals surface area contributed by atoms with Crippen LogP contribution in [0.2, 0.25) is 0 Å². The number of benzene rings is 2. The summed E-state index contributed by atoms with van der Waals surface area (Å²) in [6.45, 7) is 17.4. The molecular formula is C36H50N2O7S. The van der Waals surface area contributed by atoms with Gasteiger partial charge in [0.15, 0.2) is 12.2 Å². The van der Waals surface area contributed by atoms with E-state index < -0.39 is 6.10 Å². The average Bonchev–Trinajstić information content (AvgIpc) is 3.02. The lowest BCUT2D eigenvalue weighted by atomic mass is 9.97. The van der Waals surface area contributed by atoms with Crippen LogP contribution in [0, 0.1) is 11.8 Å². The third-order valence-corrected chi connectivity index (χ3v) is 8.58.